The Kier molecular flexibility index (Phi) is 4.59. The fourth-order valence-corrected chi connectivity index (χ4v) is 3.39. The zero-order valence-electron chi connectivity index (χ0n) is 11.7. The molecule has 2 aliphatic rings. The molecular weight excluding hydrogens is 234 g/mol. The van der Waals surface area contributed by atoms with Crippen LogP contribution in [0.1, 0.15) is 39.5 Å². The summed E-state index contributed by atoms with van der Waals surface area (Å²) in [4.78, 5) is 3.93. The van der Waals surface area contributed by atoms with Gasteiger partial charge in [0.25, 0.3) is 5.92 Å². The summed E-state index contributed by atoms with van der Waals surface area (Å²) in [7, 11) is 0. The topological polar surface area (TPSA) is 6.48 Å². The van der Waals surface area contributed by atoms with Crippen LogP contribution >= 0.6 is 0 Å². The fourth-order valence-electron chi connectivity index (χ4n) is 3.39. The van der Waals surface area contributed by atoms with Gasteiger partial charge < -0.3 is 0 Å². The van der Waals surface area contributed by atoms with E-state index in [-0.39, 0.29) is 6.54 Å². The minimum atomic E-state index is -2.53. The number of alkyl halides is 2. The van der Waals surface area contributed by atoms with Crippen LogP contribution < -0.4 is 0 Å². The van der Waals surface area contributed by atoms with Gasteiger partial charge in [-0.15, -0.1) is 0 Å². The molecule has 0 N–H and O–H groups in total. The van der Waals surface area contributed by atoms with Gasteiger partial charge in [0.2, 0.25) is 0 Å². The Balaban J connectivity index is 1.93. The Hall–Kier alpha value is -0.220. The minimum absolute atomic E-state index is 0.0537. The van der Waals surface area contributed by atoms with Gasteiger partial charge >= 0.3 is 0 Å². The van der Waals surface area contributed by atoms with E-state index in [0.717, 1.165) is 44.9 Å². The highest BCUT2D eigenvalue weighted by Crippen LogP contribution is 2.33. The molecule has 0 saturated carbocycles. The zero-order chi connectivity index (χ0) is 13.2. The molecule has 2 heterocycles. The third-order valence-electron chi connectivity index (χ3n) is 4.76. The molecular formula is C14H26F2N2. The van der Waals surface area contributed by atoms with Crippen molar-refractivity contribution in [1.29, 1.82) is 0 Å². The predicted octanol–water partition coefficient (Wildman–Crippen LogP) is 2.84. The Morgan fingerprint density at radius 1 is 1.06 bits per heavy atom. The maximum absolute atomic E-state index is 14.2. The summed E-state index contributed by atoms with van der Waals surface area (Å²) in [6.45, 7) is 7.40. The summed E-state index contributed by atoms with van der Waals surface area (Å²) in [5, 5.41) is 0. The molecule has 106 valence electrons. The first-order valence-electron chi connectivity index (χ1n) is 7.41. The van der Waals surface area contributed by atoms with Crippen LogP contribution in [0.4, 0.5) is 8.78 Å². The monoisotopic (exact) mass is 260 g/mol. The van der Waals surface area contributed by atoms with E-state index in [0.29, 0.717) is 6.42 Å². The van der Waals surface area contributed by atoms with Crippen LogP contribution in [-0.2, 0) is 0 Å². The second kappa shape index (κ2) is 5.83. The molecule has 2 fully saturated rings. The third-order valence-corrected chi connectivity index (χ3v) is 4.76. The van der Waals surface area contributed by atoms with E-state index in [9.17, 15) is 8.78 Å². The van der Waals surface area contributed by atoms with Gasteiger partial charge in [0.15, 0.2) is 0 Å². The number of hydrogen-bond acceptors (Lipinski definition) is 2. The SMILES string of the molecule is CCC1CCN(C2CCN(CC)CC2(F)F)CC1. The van der Waals surface area contributed by atoms with Crippen molar-refractivity contribution in [3.63, 3.8) is 0 Å². The lowest BCUT2D eigenvalue weighted by Gasteiger charge is -2.45. The molecule has 1 atom stereocenters. The molecule has 2 saturated heterocycles. The maximum Gasteiger partial charge on any atom is 0.275 e. The number of halogens is 2. The van der Waals surface area contributed by atoms with Gasteiger partial charge in [-0.3, -0.25) is 9.80 Å². The first-order chi connectivity index (χ1) is 8.56. The summed E-state index contributed by atoms with van der Waals surface area (Å²) >= 11 is 0. The number of hydrogen-bond donors (Lipinski definition) is 0. The van der Waals surface area contributed by atoms with Crippen LogP contribution in [0.2, 0.25) is 0 Å². The first kappa shape index (κ1) is 14.2. The van der Waals surface area contributed by atoms with Gasteiger partial charge in [0.05, 0.1) is 12.6 Å². The van der Waals surface area contributed by atoms with Crippen molar-refractivity contribution in [2.24, 2.45) is 5.92 Å². The van der Waals surface area contributed by atoms with Crippen LogP contribution in [0, 0.1) is 5.92 Å². The van der Waals surface area contributed by atoms with Crippen LogP contribution in [0.25, 0.3) is 0 Å². The Labute approximate surface area is 109 Å². The Morgan fingerprint density at radius 3 is 2.22 bits per heavy atom. The Morgan fingerprint density at radius 2 is 1.72 bits per heavy atom. The average molecular weight is 260 g/mol. The summed E-state index contributed by atoms with van der Waals surface area (Å²) in [5.41, 5.74) is 0. The van der Waals surface area contributed by atoms with Gasteiger partial charge in [-0.05, 0) is 44.8 Å². The zero-order valence-corrected chi connectivity index (χ0v) is 11.7. The first-order valence-corrected chi connectivity index (χ1v) is 7.41. The second-order valence-corrected chi connectivity index (χ2v) is 5.82. The fraction of sp³-hybridized carbons (Fsp3) is 1.00. The van der Waals surface area contributed by atoms with Gasteiger partial charge in [-0.2, -0.15) is 0 Å². The normalized spacial score (nSPS) is 31.7. The van der Waals surface area contributed by atoms with Crippen molar-refractivity contribution in [3.8, 4) is 0 Å². The van der Waals surface area contributed by atoms with E-state index in [4.69, 9.17) is 0 Å². The van der Waals surface area contributed by atoms with Crippen molar-refractivity contribution in [2.45, 2.75) is 51.5 Å². The van der Waals surface area contributed by atoms with E-state index in [1.54, 1.807) is 0 Å². The molecule has 0 amide bonds. The van der Waals surface area contributed by atoms with Crippen LogP contribution in [0.3, 0.4) is 0 Å². The molecule has 0 aromatic carbocycles. The van der Waals surface area contributed by atoms with Crippen LogP contribution in [0.5, 0.6) is 0 Å². The van der Waals surface area contributed by atoms with Gasteiger partial charge in [-0.25, -0.2) is 8.78 Å². The second-order valence-electron chi connectivity index (χ2n) is 5.82. The number of likely N-dealkylation sites (tertiary alicyclic amines) is 2. The summed E-state index contributed by atoms with van der Waals surface area (Å²) in [6.07, 6.45) is 4.01. The van der Waals surface area contributed by atoms with Crippen molar-refractivity contribution < 1.29 is 8.78 Å². The van der Waals surface area contributed by atoms with E-state index < -0.39 is 12.0 Å². The van der Waals surface area contributed by atoms with E-state index in [2.05, 4.69) is 11.8 Å². The highest BCUT2D eigenvalue weighted by molar-refractivity contribution is 4.94. The quantitative estimate of drug-likeness (QED) is 0.770. The van der Waals surface area contributed by atoms with Gasteiger partial charge in [0.1, 0.15) is 0 Å². The lowest BCUT2D eigenvalue weighted by atomic mass is 9.90. The molecule has 0 aliphatic carbocycles. The average Bonchev–Trinajstić information content (AvgIpc) is 2.38. The Bertz CT molecular complexity index is 263. The lowest BCUT2D eigenvalue weighted by molar-refractivity contribution is -0.131. The van der Waals surface area contributed by atoms with Crippen molar-refractivity contribution in [2.75, 3.05) is 32.7 Å². The highest BCUT2D eigenvalue weighted by atomic mass is 19.3. The molecule has 4 heteroatoms. The van der Waals surface area contributed by atoms with Crippen LogP contribution in [0.15, 0.2) is 0 Å². The standard InChI is InChI=1S/C14H26F2N2/c1-3-12-5-9-18(10-6-12)13-7-8-17(4-2)11-14(13,15)16/h12-13H,3-11H2,1-2H3. The third kappa shape index (κ3) is 3.02. The number of rotatable bonds is 3. The number of nitrogens with zero attached hydrogens (tertiary/aromatic N) is 2. The molecule has 0 bridgehead atoms. The maximum atomic E-state index is 14.2. The molecule has 2 aliphatic heterocycles. The predicted molar refractivity (Wildman–Crippen MR) is 70.1 cm³/mol. The molecule has 2 rings (SSSR count). The molecule has 0 spiro atoms. The molecule has 0 radical (unpaired) electrons. The van der Waals surface area contributed by atoms with Crippen molar-refractivity contribution in [1.82, 2.24) is 9.80 Å². The molecule has 2 nitrogen and oxygen atoms in total. The lowest BCUT2D eigenvalue weighted by Crippen LogP contribution is -2.59. The minimum Gasteiger partial charge on any atom is -0.298 e. The van der Waals surface area contributed by atoms with Gasteiger partial charge in [-0.1, -0.05) is 20.3 Å². The summed E-state index contributed by atoms with van der Waals surface area (Å²) in [6, 6.07) is -0.516. The molecule has 0 aromatic heterocycles. The number of piperidine rings is 2. The molecule has 1 unspecified atom stereocenters. The van der Waals surface area contributed by atoms with Crippen molar-refractivity contribution in [3.05, 3.63) is 0 Å². The summed E-state index contributed by atoms with van der Waals surface area (Å²) in [5.74, 6) is -1.78. The summed E-state index contributed by atoms with van der Waals surface area (Å²) < 4.78 is 28.4. The molecule has 0 aromatic rings. The van der Waals surface area contributed by atoms with Gasteiger partial charge in [0, 0.05) is 6.54 Å². The van der Waals surface area contributed by atoms with Crippen LogP contribution in [-0.4, -0.2) is 54.5 Å². The smallest absolute Gasteiger partial charge is 0.275 e. The van der Waals surface area contributed by atoms with Crippen molar-refractivity contribution >= 4 is 0 Å². The van der Waals surface area contributed by atoms with E-state index in [1.165, 1.54) is 6.42 Å². The molecule has 18 heavy (non-hydrogen) atoms. The largest absolute Gasteiger partial charge is 0.298 e. The van der Waals surface area contributed by atoms with E-state index in [1.807, 2.05) is 11.8 Å². The van der Waals surface area contributed by atoms with E-state index >= 15 is 0 Å². The highest BCUT2D eigenvalue weighted by Gasteiger charge is 2.47.